The second-order valence-electron chi connectivity index (χ2n) is 5.76. The molecule has 1 aromatic carbocycles. The SMILES string of the molecule is CC1CCNCC1CN1C(=O)c2cc(F)c(F)cc2C1=O. The number of piperidine rings is 1. The number of amides is 2. The van der Waals surface area contributed by atoms with Crippen molar-refractivity contribution >= 4 is 11.8 Å². The van der Waals surface area contributed by atoms with Gasteiger partial charge in [-0.3, -0.25) is 14.5 Å². The third-order valence-corrected chi connectivity index (χ3v) is 4.42. The Kier molecular flexibility index (Phi) is 3.49. The zero-order chi connectivity index (χ0) is 15.1. The number of imide groups is 1. The molecule has 1 saturated heterocycles. The van der Waals surface area contributed by atoms with E-state index in [1.165, 1.54) is 0 Å². The minimum atomic E-state index is -1.11. The molecule has 1 N–H and O–H groups in total. The standard InChI is InChI=1S/C15H16F2N2O2/c1-8-2-3-18-6-9(8)7-19-14(20)10-4-12(16)13(17)5-11(10)15(19)21/h4-5,8-9,18H,2-3,6-7H2,1H3. The summed E-state index contributed by atoms with van der Waals surface area (Å²) in [5.74, 6) is -2.73. The first kappa shape index (κ1) is 14.1. The second kappa shape index (κ2) is 5.18. The van der Waals surface area contributed by atoms with E-state index in [0.717, 1.165) is 36.5 Å². The summed E-state index contributed by atoms with van der Waals surface area (Å²) in [6.07, 6.45) is 0.983. The molecule has 2 heterocycles. The Morgan fingerprint density at radius 1 is 1.19 bits per heavy atom. The van der Waals surface area contributed by atoms with Crippen LogP contribution < -0.4 is 5.32 Å². The van der Waals surface area contributed by atoms with E-state index in [0.29, 0.717) is 5.92 Å². The fourth-order valence-electron chi connectivity index (χ4n) is 2.98. The minimum absolute atomic E-state index is 0.0460. The van der Waals surface area contributed by atoms with E-state index < -0.39 is 23.4 Å². The molecule has 2 unspecified atom stereocenters. The molecule has 3 rings (SSSR count). The van der Waals surface area contributed by atoms with Crippen LogP contribution in [0.5, 0.6) is 0 Å². The molecule has 112 valence electrons. The van der Waals surface area contributed by atoms with Crippen LogP contribution in [0.3, 0.4) is 0 Å². The Hall–Kier alpha value is -1.82. The average molecular weight is 294 g/mol. The van der Waals surface area contributed by atoms with E-state index in [1.807, 2.05) is 0 Å². The topological polar surface area (TPSA) is 49.4 Å². The predicted octanol–water partition coefficient (Wildman–Crippen LogP) is 1.81. The number of halogens is 2. The van der Waals surface area contributed by atoms with Gasteiger partial charge in [-0.2, -0.15) is 0 Å². The second-order valence-corrected chi connectivity index (χ2v) is 5.76. The van der Waals surface area contributed by atoms with Crippen molar-refractivity contribution < 1.29 is 18.4 Å². The van der Waals surface area contributed by atoms with Gasteiger partial charge in [0.05, 0.1) is 11.1 Å². The fraction of sp³-hybridized carbons (Fsp3) is 0.467. The molecule has 1 aromatic rings. The predicted molar refractivity (Wildman–Crippen MR) is 71.9 cm³/mol. The van der Waals surface area contributed by atoms with Crippen LogP contribution >= 0.6 is 0 Å². The van der Waals surface area contributed by atoms with Crippen LogP contribution in [0, 0.1) is 23.5 Å². The maximum absolute atomic E-state index is 13.3. The van der Waals surface area contributed by atoms with Crippen molar-refractivity contribution in [1.29, 1.82) is 0 Å². The van der Waals surface area contributed by atoms with Gasteiger partial charge in [0.15, 0.2) is 11.6 Å². The van der Waals surface area contributed by atoms with E-state index >= 15 is 0 Å². The molecule has 0 aliphatic carbocycles. The largest absolute Gasteiger partial charge is 0.316 e. The van der Waals surface area contributed by atoms with Crippen molar-refractivity contribution in [3.63, 3.8) is 0 Å². The van der Waals surface area contributed by atoms with Crippen LogP contribution in [-0.4, -0.2) is 36.3 Å². The van der Waals surface area contributed by atoms with Crippen molar-refractivity contribution in [2.75, 3.05) is 19.6 Å². The number of hydrogen-bond donors (Lipinski definition) is 1. The van der Waals surface area contributed by atoms with Crippen LogP contribution in [0.15, 0.2) is 12.1 Å². The van der Waals surface area contributed by atoms with Gasteiger partial charge in [-0.05, 0) is 43.5 Å². The fourth-order valence-corrected chi connectivity index (χ4v) is 2.98. The van der Waals surface area contributed by atoms with Gasteiger partial charge < -0.3 is 5.32 Å². The summed E-state index contributed by atoms with van der Waals surface area (Å²) in [5.41, 5.74) is -0.0920. The number of nitrogens with one attached hydrogen (secondary N) is 1. The number of rotatable bonds is 2. The summed E-state index contributed by atoms with van der Waals surface area (Å²) < 4.78 is 26.5. The molecule has 6 heteroatoms. The first-order valence-corrected chi connectivity index (χ1v) is 7.05. The zero-order valence-electron chi connectivity index (χ0n) is 11.7. The average Bonchev–Trinajstić information content (AvgIpc) is 2.67. The highest BCUT2D eigenvalue weighted by Gasteiger charge is 2.38. The Balaban J connectivity index is 1.86. The lowest BCUT2D eigenvalue weighted by Gasteiger charge is -2.31. The number of nitrogens with zero attached hydrogens (tertiary/aromatic N) is 1. The molecule has 0 aromatic heterocycles. The molecular weight excluding hydrogens is 278 g/mol. The lowest BCUT2D eigenvalue weighted by atomic mass is 9.88. The highest BCUT2D eigenvalue weighted by Crippen LogP contribution is 2.28. The molecule has 2 aliphatic rings. The molecule has 0 saturated carbocycles. The van der Waals surface area contributed by atoms with Gasteiger partial charge in [0.1, 0.15) is 0 Å². The molecule has 0 radical (unpaired) electrons. The van der Waals surface area contributed by atoms with Crippen molar-refractivity contribution in [1.82, 2.24) is 10.2 Å². The van der Waals surface area contributed by atoms with Gasteiger partial charge in [0, 0.05) is 6.54 Å². The number of hydrogen-bond acceptors (Lipinski definition) is 3. The van der Waals surface area contributed by atoms with Crippen molar-refractivity contribution in [2.45, 2.75) is 13.3 Å². The van der Waals surface area contributed by atoms with Crippen molar-refractivity contribution in [3.05, 3.63) is 34.9 Å². The first-order chi connectivity index (χ1) is 9.99. The third kappa shape index (κ3) is 2.33. The zero-order valence-corrected chi connectivity index (χ0v) is 11.7. The molecule has 0 spiro atoms. The molecular formula is C15H16F2N2O2. The molecule has 2 atom stereocenters. The van der Waals surface area contributed by atoms with Gasteiger partial charge >= 0.3 is 0 Å². The quantitative estimate of drug-likeness (QED) is 0.846. The van der Waals surface area contributed by atoms with Crippen molar-refractivity contribution in [3.8, 4) is 0 Å². The third-order valence-electron chi connectivity index (χ3n) is 4.42. The van der Waals surface area contributed by atoms with Gasteiger partial charge in [-0.25, -0.2) is 8.78 Å². The Labute approximate surface area is 121 Å². The maximum atomic E-state index is 13.3. The Morgan fingerprint density at radius 3 is 2.29 bits per heavy atom. The van der Waals surface area contributed by atoms with Crippen LogP contribution in [0.2, 0.25) is 0 Å². The summed E-state index contributed by atoms with van der Waals surface area (Å²) in [7, 11) is 0. The molecule has 1 fully saturated rings. The number of fused-ring (bicyclic) bond motifs is 1. The van der Waals surface area contributed by atoms with Gasteiger partial charge in [-0.1, -0.05) is 6.92 Å². The minimum Gasteiger partial charge on any atom is -0.316 e. The Bertz CT molecular complexity index is 577. The smallest absolute Gasteiger partial charge is 0.261 e. The molecule has 21 heavy (non-hydrogen) atoms. The van der Waals surface area contributed by atoms with Gasteiger partial charge in [0.25, 0.3) is 11.8 Å². The number of carbonyl (C=O) groups is 2. The lowest BCUT2D eigenvalue weighted by Crippen LogP contribution is -2.44. The normalized spacial score (nSPS) is 25.4. The van der Waals surface area contributed by atoms with Crippen LogP contribution in [0.1, 0.15) is 34.1 Å². The monoisotopic (exact) mass is 294 g/mol. The first-order valence-electron chi connectivity index (χ1n) is 7.05. The van der Waals surface area contributed by atoms with E-state index in [-0.39, 0.29) is 23.6 Å². The highest BCUT2D eigenvalue weighted by atomic mass is 19.2. The summed E-state index contributed by atoms with van der Waals surface area (Å²) in [4.78, 5) is 25.6. The molecule has 2 amide bonds. The van der Waals surface area contributed by atoms with Crippen LogP contribution in [-0.2, 0) is 0 Å². The number of carbonyl (C=O) groups excluding carboxylic acids is 2. The van der Waals surface area contributed by atoms with E-state index in [2.05, 4.69) is 12.2 Å². The molecule has 2 aliphatic heterocycles. The summed E-state index contributed by atoms with van der Waals surface area (Å²) in [6.45, 7) is 4.03. The van der Waals surface area contributed by atoms with Crippen LogP contribution in [0.25, 0.3) is 0 Å². The van der Waals surface area contributed by atoms with Gasteiger partial charge in [-0.15, -0.1) is 0 Å². The summed E-state index contributed by atoms with van der Waals surface area (Å²) >= 11 is 0. The summed E-state index contributed by atoms with van der Waals surface area (Å²) in [6, 6.07) is 1.63. The molecule has 4 nitrogen and oxygen atoms in total. The van der Waals surface area contributed by atoms with Crippen molar-refractivity contribution in [2.24, 2.45) is 11.8 Å². The van der Waals surface area contributed by atoms with E-state index in [9.17, 15) is 18.4 Å². The lowest BCUT2D eigenvalue weighted by molar-refractivity contribution is 0.0601. The van der Waals surface area contributed by atoms with Gasteiger partial charge in [0.2, 0.25) is 0 Å². The number of benzene rings is 1. The maximum Gasteiger partial charge on any atom is 0.261 e. The molecule has 0 bridgehead atoms. The van der Waals surface area contributed by atoms with E-state index in [4.69, 9.17) is 0 Å². The van der Waals surface area contributed by atoms with E-state index in [1.54, 1.807) is 0 Å². The Morgan fingerprint density at radius 2 is 1.76 bits per heavy atom. The highest BCUT2D eigenvalue weighted by molar-refractivity contribution is 6.21. The van der Waals surface area contributed by atoms with Crippen LogP contribution in [0.4, 0.5) is 8.78 Å². The summed E-state index contributed by atoms with van der Waals surface area (Å²) in [5, 5.41) is 3.24.